The van der Waals surface area contributed by atoms with Gasteiger partial charge in [0.15, 0.2) is 0 Å². The van der Waals surface area contributed by atoms with Gasteiger partial charge in [-0.2, -0.15) is 0 Å². The summed E-state index contributed by atoms with van der Waals surface area (Å²) < 4.78 is 9.92. The Hall–Kier alpha value is -1.71. The largest absolute Gasteiger partial charge is 0.497 e. The minimum atomic E-state index is -0.405. The molecule has 0 unspecified atom stereocenters. The summed E-state index contributed by atoms with van der Waals surface area (Å²) in [6.07, 6.45) is -0.405. The van der Waals surface area contributed by atoms with Crippen molar-refractivity contribution in [2.45, 2.75) is 19.9 Å². The zero-order chi connectivity index (χ0) is 12.0. The van der Waals surface area contributed by atoms with E-state index in [9.17, 15) is 4.79 Å². The summed E-state index contributed by atoms with van der Waals surface area (Å²) in [6.45, 7) is 4.04. The van der Waals surface area contributed by atoms with Crippen molar-refractivity contribution in [3.63, 3.8) is 0 Å². The van der Waals surface area contributed by atoms with Crippen LogP contribution in [0.3, 0.4) is 0 Å². The molecular weight excluding hydrogens is 206 g/mol. The van der Waals surface area contributed by atoms with Gasteiger partial charge in [-0.05, 0) is 31.5 Å². The highest BCUT2D eigenvalue weighted by molar-refractivity contribution is 5.67. The van der Waals surface area contributed by atoms with Gasteiger partial charge in [0.25, 0.3) is 0 Å². The van der Waals surface area contributed by atoms with Crippen LogP contribution in [0.2, 0.25) is 0 Å². The number of hydrogen-bond acceptors (Lipinski definition) is 3. The van der Waals surface area contributed by atoms with Gasteiger partial charge in [0.05, 0.1) is 19.8 Å². The average molecular weight is 223 g/mol. The van der Waals surface area contributed by atoms with Gasteiger partial charge >= 0.3 is 6.09 Å². The van der Waals surface area contributed by atoms with Crippen molar-refractivity contribution in [3.8, 4) is 5.75 Å². The van der Waals surface area contributed by atoms with Crippen LogP contribution < -0.4 is 10.1 Å². The quantitative estimate of drug-likeness (QED) is 0.853. The van der Waals surface area contributed by atoms with Crippen LogP contribution in [0.1, 0.15) is 25.5 Å². The van der Waals surface area contributed by atoms with Crippen LogP contribution in [0.4, 0.5) is 4.79 Å². The van der Waals surface area contributed by atoms with Crippen LogP contribution >= 0.6 is 0 Å². The first kappa shape index (κ1) is 12.4. The van der Waals surface area contributed by atoms with Crippen LogP contribution in [-0.2, 0) is 4.74 Å². The fourth-order valence-corrected chi connectivity index (χ4v) is 1.34. The summed E-state index contributed by atoms with van der Waals surface area (Å²) in [5, 5.41) is 2.73. The number of alkyl carbamates (subject to hydrolysis) is 1. The maximum Gasteiger partial charge on any atom is 0.407 e. The molecular formula is C12H17NO3. The van der Waals surface area contributed by atoms with Crippen LogP contribution in [0.15, 0.2) is 24.3 Å². The third-order valence-electron chi connectivity index (χ3n) is 2.20. The van der Waals surface area contributed by atoms with Gasteiger partial charge in [-0.15, -0.1) is 0 Å². The highest BCUT2D eigenvalue weighted by atomic mass is 16.5. The topological polar surface area (TPSA) is 47.6 Å². The Labute approximate surface area is 95.6 Å². The summed E-state index contributed by atoms with van der Waals surface area (Å²) in [4.78, 5) is 11.2. The number of carbonyl (C=O) groups is 1. The van der Waals surface area contributed by atoms with E-state index in [0.717, 1.165) is 11.3 Å². The molecule has 0 aliphatic heterocycles. The molecule has 0 aliphatic carbocycles. The molecule has 1 aromatic rings. The van der Waals surface area contributed by atoms with Crippen LogP contribution in [0, 0.1) is 0 Å². The molecule has 4 nitrogen and oxygen atoms in total. The molecule has 0 heterocycles. The van der Waals surface area contributed by atoms with Crippen molar-refractivity contribution in [1.29, 1.82) is 0 Å². The van der Waals surface area contributed by atoms with E-state index in [0.29, 0.717) is 6.61 Å². The molecule has 0 aliphatic rings. The summed E-state index contributed by atoms with van der Waals surface area (Å²) in [7, 11) is 1.61. The zero-order valence-electron chi connectivity index (χ0n) is 9.82. The first-order valence-electron chi connectivity index (χ1n) is 5.24. The fourth-order valence-electron chi connectivity index (χ4n) is 1.34. The molecule has 16 heavy (non-hydrogen) atoms. The predicted molar refractivity (Wildman–Crippen MR) is 61.6 cm³/mol. The number of amides is 1. The minimum Gasteiger partial charge on any atom is -0.497 e. The second kappa shape index (κ2) is 6.00. The van der Waals surface area contributed by atoms with E-state index in [1.807, 2.05) is 31.2 Å². The van der Waals surface area contributed by atoms with Gasteiger partial charge in [0.1, 0.15) is 5.75 Å². The van der Waals surface area contributed by atoms with Gasteiger partial charge in [0.2, 0.25) is 0 Å². The molecule has 1 N–H and O–H groups in total. The van der Waals surface area contributed by atoms with E-state index in [1.54, 1.807) is 14.0 Å². The average Bonchev–Trinajstić information content (AvgIpc) is 2.29. The van der Waals surface area contributed by atoms with Crippen LogP contribution in [-0.4, -0.2) is 19.8 Å². The van der Waals surface area contributed by atoms with Gasteiger partial charge in [0, 0.05) is 0 Å². The standard InChI is InChI=1S/C12H17NO3/c1-4-16-12(14)13-9(2)10-6-5-7-11(8-10)15-3/h5-9H,4H2,1-3H3,(H,13,14)/t9-/m0/s1. The molecule has 1 rings (SSSR count). The molecule has 88 valence electrons. The maximum absolute atomic E-state index is 11.2. The first-order valence-corrected chi connectivity index (χ1v) is 5.24. The smallest absolute Gasteiger partial charge is 0.407 e. The summed E-state index contributed by atoms with van der Waals surface area (Å²) in [6, 6.07) is 7.46. The van der Waals surface area contributed by atoms with Gasteiger partial charge in [-0.25, -0.2) is 4.79 Å². The van der Waals surface area contributed by atoms with Gasteiger partial charge < -0.3 is 14.8 Å². The molecule has 1 aromatic carbocycles. The SMILES string of the molecule is CCOC(=O)N[C@@H](C)c1cccc(OC)c1. The number of ether oxygens (including phenoxy) is 2. The van der Waals surface area contributed by atoms with E-state index in [1.165, 1.54) is 0 Å². The van der Waals surface area contributed by atoms with E-state index in [2.05, 4.69) is 5.32 Å². The Morgan fingerprint density at radius 1 is 1.50 bits per heavy atom. The molecule has 0 aromatic heterocycles. The molecule has 0 fully saturated rings. The molecule has 0 radical (unpaired) electrons. The molecule has 4 heteroatoms. The van der Waals surface area contributed by atoms with E-state index >= 15 is 0 Å². The Balaban J connectivity index is 2.64. The van der Waals surface area contributed by atoms with Crippen molar-refractivity contribution in [2.24, 2.45) is 0 Å². The van der Waals surface area contributed by atoms with Crippen molar-refractivity contribution in [1.82, 2.24) is 5.32 Å². The fraction of sp³-hybridized carbons (Fsp3) is 0.417. The highest BCUT2D eigenvalue weighted by Gasteiger charge is 2.10. The molecule has 1 atom stereocenters. The minimum absolute atomic E-state index is 0.103. The third-order valence-corrected chi connectivity index (χ3v) is 2.20. The molecule has 0 spiro atoms. The Bertz CT molecular complexity index is 352. The van der Waals surface area contributed by atoms with Crippen molar-refractivity contribution < 1.29 is 14.3 Å². The second-order valence-corrected chi connectivity index (χ2v) is 3.36. The Morgan fingerprint density at radius 3 is 2.88 bits per heavy atom. The molecule has 0 bridgehead atoms. The predicted octanol–water partition coefficient (Wildman–Crippen LogP) is 2.50. The number of methoxy groups -OCH3 is 1. The van der Waals surface area contributed by atoms with E-state index in [4.69, 9.17) is 9.47 Å². The lowest BCUT2D eigenvalue weighted by molar-refractivity contribution is 0.149. The van der Waals surface area contributed by atoms with Crippen molar-refractivity contribution in [2.75, 3.05) is 13.7 Å². The summed E-state index contributed by atoms with van der Waals surface area (Å²) in [5.41, 5.74) is 0.979. The number of hydrogen-bond donors (Lipinski definition) is 1. The van der Waals surface area contributed by atoms with Crippen LogP contribution in [0.25, 0.3) is 0 Å². The van der Waals surface area contributed by atoms with Gasteiger partial charge in [-0.1, -0.05) is 12.1 Å². The van der Waals surface area contributed by atoms with E-state index < -0.39 is 6.09 Å². The first-order chi connectivity index (χ1) is 7.67. The zero-order valence-corrected chi connectivity index (χ0v) is 9.82. The van der Waals surface area contributed by atoms with Crippen molar-refractivity contribution in [3.05, 3.63) is 29.8 Å². The Morgan fingerprint density at radius 2 is 2.25 bits per heavy atom. The lowest BCUT2D eigenvalue weighted by Crippen LogP contribution is -2.27. The molecule has 0 saturated heterocycles. The lowest BCUT2D eigenvalue weighted by atomic mass is 10.1. The Kier molecular flexibility index (Phi) is 4.64. The van der Waals surface area contributed by atoms with Gasteiger partial charge in [-0.3, -0.25) is 0 Å². The van der Waals surface area contributed by atoms with E-state index in [-0.39, 0.29) is 6.04 Å². The second-order valence-electron chi connectivity index (χ2n) is 3.36. The molecule has 1 amide bonds. The monoisotopic (exact) mass is 223 g/mol. The number of benzene rings is 1. The lowest BCUT2D eigenvalue weighted by Gasteiger charge is -2.14. The summed E-state index contributed by atoms with van der Waals surface area (Å²) in [5.74, 6) is 0.773. The highest BCUT2D eigenvalue weighted by Crippen LogP contribution is 2.18. The number of nitrogens with one attached hydrogen (secondary N) is 1. The molecule has 0 saturated carbocycles. The third kappa shape index (κ3) is 3.46. The summed E-state index contributed by atoms with van der Waals surface area (Å²) >= 11 is 0. The number of carbonyl (C=O) groups excluding carboxylic acids is 1. The van der Waals surface area contributed by atoms with Crippen LogP contribution in [0.5, 0.6) is 5.75 Å². The maximum atomic E-state index is 11.2. The number of rotatable bonds is 4. The van der Waals surface area contributed by atoms with Crippen molar-refractivity contribution >= 4 is 6.09 Å². The normalized spacial score (nSPS) is 11.7.